The molecule has 4 aromatic heterocycles. The molecule has 5 aromatic rings. The number of thiophene rings is 1. The summed E-state index contributed by atoms with van der Waals surface area (Å²) >= 11 is 1.03. The van der Waals surface area contributed by atoms with E-state index < -0.39 is 12.6 Å². The smallest absolute Gasteiger partial charge is 0.393 e. The van der Waals surface area contributed by atoms with Crippen LogP contribution in [0.5, 0.6) is 5.75 Å². The number of nitrogens with zero attached hydrogens (tertiary/aromatic N) is 6. The third kappa shape index (κ3) is 7.53. The summed E-state index contributed by atoms with van der Waals surface area (Å²) in [6.07, 6.45) is 1.13. The van der Waals surface area contributed by atoms with E-state index in [0.717, 1.165) is 59.3 Å². The summed E-state index contributed by atoms with van der Waals surface area (Å²) in [4.78, 5) is 27.2. The second-order valence-electron chi connectivity index (χ2n) is 11.5. The van der Waals surface area contributed by atoms with Crippen LogP contribution in [0.2, 0.25) is 0 Å². The fourth-order valence-corrected chi connectivity index (χ4v) is 6.87. The number of phenolic OH excluding ortho intramolecular Hbond substituents is 1. The SMILES string of the molecule is C=CC(=O)Nc1ccc(CCn2c(C#N)cc3cc(CN4CCC(Nc5ncnc6sc(CC(F)(F)F)cc56)CC4)c(O)cc32)cn1. The summed E-state index contributed by atoms with van der Waals surface area (Å²) in [5, 5.41) is 28.3. The minimum Gasteiger partial charge on any atom is -0.508 e. The van der Waals surface area contributed by atoms with E-state index in [1.54, 1.807) is 18.3 Å². The molecule has 6 rings (SSSR count). The van der Waals surface area contributed by atoms with Gasteiger partial charge in [-0.3, -0.25) is 9.69 Å². The molecule has 1 aliphatic rings. The van der Waals surface area contributed by atoms with Crippen molar-refractivity contribution < 1.29 is 23.1 Å². The number of aryl methyl sites for hydroxylation is 2. The lowest BCUT2D eigenvalue weighted by atomic mass is 10.0. The predicted molar refractivity (Wildman–Crippen MR) is 174 cm³/mol. The van der Waals surface area contributed by atoms with Crippen molar-refractivity contribution in [3.63, 3.8) is 0 Å². The van der Waals surface area contributed by atoms with Gasteiger partial charge < -0.3 is 20.3 Å². The number of rotatable bonds is 10. The van der Waals surface area contributed by atoms with E-state index in [1.807, 2.05) is 22.8 Å². The number of nitriles is 1. The molecule has 0 unspecified atom stereocenters. The van der Waals surface area contributed by atoms with Gasteiger partial charge in [-0.15, -0.1) is 11.3 Å². The molecule has 0 spiro atoms. The summed E-state index contributed by atoms with van der Waals surface area (Å²) in [7, 11) is 0. The Hall–Kier alpha value is -5.00. The Kier molecular flexibility index (Phi) is 9.10. The highest BCUT2D eigenvalue weighted by Gasteiger charge is 2.29. The van der Waals surface area contributed by atoms with Gasteiger partial charge in [0.1, 0.15) is 40.3 Å². The zero-order valence-electron chi connectivity index (χ0n) is 25.2. The number of piperidine rings is 1. The highest BCUT2D eigenvalue weighted by molar-refractivity contribution is 7.18. The summed E-state index contributed by atoms with van der Waals surface area (Å²) in [6.45, 7) is 5.96. The minimum absolute atomic E-state index is 0.0934. The number of fused-ring (bicyclic) bond motifs is 2. The Morgan fingerprint density at radius 3 is 2.68 bits per heavy atom. The molecule has 5 heterocycles. The molecule has 1 aromatic carbocycles. The molecule has 47 heavy (non-hydrogen) atoms. The number of nitrogens with one attached hydrogen (secondary N) is 2. The number of amides is 1. The number of carbonyl (C=O) groups excluding carboxylic acids is 1. The molecule has 0 atom stereocenters. The standard InChI is InChI=1S/C33H31F3N8O2S/c1-2-30(46)42-29-4-3-20(17-38-29)5-10-44-24(16-37)12-21-11-22(28(45)14-27(21)44)18-43-8-6-23(7-9-43)41-31-26-13-25(15-33(34,35)36)47-32(26)40-19-39-31/h2-4,11-14,17,19,23,45H,1,5-10,15,18H2,(H,38,42,46)(H,39,40,41). The molecule has 242 valence electrons. The number of alkyl halides is 3. The lowest BCUT2D eigenvalue weighted by molar-refractivity contribution is -0.126. The van der Waals surface area contributed by atoms with Gasteiger partial charge in [0.2, 0.25) is 5.91 Å². The van der Waals surface area contributed by atoms with Crippen molar-refractivity contribution in [3.05, 3.63) is 83.3 Å². The molecular formula is C33H31F3N8O2S. The second-order valence-corrected chi connectivity index (χ2v) is 12.6. The number of phenols is 1. The lowest BCUT2D eigenvalue weighted by Crippen LogP contribution is -2.38. The van der Waals surface area contributed by atoms with Crippen LogP contribution in [0.1, 0.15) is 34.5 Å². The van der Waals surface area contributed by atoms with Crippen LogP contribution in [0.15, 0.2) is 61.6 Å². The van der Waals surface area contributed by atoms with Gasteiger partial charge in [0, 0.05) is 60.3 Å². The van der Waals surface area contributed by atoms with Crippen molar-refractivity contribution in [2.75, 3.05) is 23.7 Å². The van der Waals surface area contributed by atoms with E-state index in [0.29, 0.717) is 47.1 Å². The summed E-state index contributed by atoms with van der Waals surface area (Å²) in [6, 6.07) is 12.9. The average molecular weight is 661 g/mol. The van der Waals surface area contributed by atoms with E-state index in [2.05, 4.69) is 43.1 Å². The molecule has 0 radical (unpaired) electrons. The molecule has 3 N–H and O–H groups in total. The number of pyridine rings is 1. The number of aromatic nitrogens is 4. The van der Waals surface area contributed by atoms with E-state index in [-0.39, 0.29) is 22.6 Å². The van der Waals surface area contributed by atoms with E-state index in [9.17, 15) is 28.3 Å². The Morgan fingerprint density at radius 1 is 1.17 bits per heavy atom. The third-order valence-corrected chi connectivity index (χ3v) is 9.22. The number of hydrogen-bond acceptors (Lipinski definition) is 9. The maximum absolute atomic E-state index is 12.9. The molecule has 0 bridgehead atoms. The molecule has 1 fully saturated rings. The van der Waals surface area contributed by atoms with Gasteiger partial charge in [-0.1, -0.05) is 12.6 Å². The summed E-state index contributed by atoms with van der Waals surface area (Å²) < 4.78 is 40.6. The zero-order chi connectivity index (χ0) is 33.1. The quantitative estimate of drug-likeness (QED) is 0.152. The van der Waals surface area contributed by atoms with Crippen molar-refractivity contribution in [1.29, 1.82) is 5.26 Å². The van der Waals surface area contributed by atoms with Crippen molar-refractivity contribution in [2.24, 2.45) is 0 Å². The molecule has 1 aliphatic heterocycles. The highest BCUT2D eigenvalue weighted by Crippen LogP contribution is 2.34. The Labute approximate surface area is 272 Å². The van der Waals surface area contributed by atoms with Crippen LogP contribution < -0.4 is 10.6 Å². The van der Waals surface area contributed by atoms with Crippen molar-refractivity contribution >= 4 is 50.0 Å². The molecule has 0 saturated carbocycles. The number of halogens is 3. The van der Waals surface area contributed by atoms with Gasteiger partial charge >= 0.3 is 6.18 Å². The second kappa shape index (κ2) is 13.4. The number of anilines is 2. The molecule has 14 heteroatoms. The lowest BCUT2D eigenvalue weighted by Gasteiger charge is -2.32. The van der Waals surface area contributed by atoms with Gasteiger partial charge in [-0.25, -0.2) is 15.0 Å². The van der Waals surface area contributed by atoms with E-state index >= 15 is 0 Å². The van der Waals surface area contributed by atoms with Crippen LogP contribution in [0, 0.1) is 11.3 Å². The molecule has 1 saturated heterocycles. The number of likely N-dealkylation sites (tertiary alicyclic amines) is 1. The van der Waals surface area contributed by atoms with Gasteiger partial charge in [-0.2, -0.15) is 18.4 Å². The van der Waals surface area contributed by atoms with Crippen LogP contribution in [-0.4, -0.2) is 60.7 Å². The average Bonchev–Trinajstić information content (AvgIpc) is 3.61. The van der Waals surface area contributed by atoms with Crippen LogP contribution in [-0.2, 0) is 30.7 Å². The minimum atomic E-state index is -4.28. The fourth-order valence-electron chi connectivity index (χ4n) is 5.84. The number of benzene rings is 1. The first-order valence-corrected chi connectivity index (χ1v) is 15.8. The fraction of sp³-hybridized carbons (Fsp3) is 0.303. The maximum atomic E-state index is 12.9. The third-order valence-electron chi connectivity index (χ3n) is 8.18. The number of carbonyl (C=O) groups is 1. The summed E-state index contributed by atoms with van der Waals surface area (Å²) in [5.74, 6) is 0.783. The van der Waals surface area contributed by atoms with Crippen molar-refractivity contribution in [1.82, 2.24) is 24.4 Å². The number of hydrogen-bond donors (Lipinski definition) is 3. The Morgan fingerprint density at radius 2 is 1.98 bits per heavy atom. The van der Waals surface area contributed by atoms with Gasteiger partial charge in [0.15, 0.2) is 0 Å². The van der Waals surface area contributed by atoms with E-state index in [4.69, 9.17) is 0 Å². The van der Waals surface area contributed by atoms with Gasteiger partial charge in [0.05, 0.1) is 17.3 Å². The number of aromatic hydroxyl groups is 1. The van der Waals surface area contributed by atoms with Gasteiger partial charge in [-0.05, 0) is 55.2 Å². The van der Waals surface area contributed by atoms with E-state index in [1.165, 1.54) is 18.5 Å². The topological polar surface area (TPSA) is 132 Å². The van der Waals surface area contributed by atoms with Crippen LogP contribution in [0.3, 0.4) is 0 Å². The maximum Gasteiger partial charge on any atom is 0.393 e. The monoisotopic (exact) mass is 660 g/mol. The normalized spacial score (nSPS) is 14.3. The molecule has 1 amide bonds. The largest absolute Gasteiger partial charge is 0.508 e. The van der Waals surface area contributed by atoms with Crippen LogP contribution in [0.4, 0.5) is 24.8 Å². The van der Waals surface area contributed by atoms with Crippen molar-refractivity contribution in [2.45, 2.75) is 51.0 Å². The summed E-state index contributed by atoms with van der Waals surface area (Å²) in [5.41, 5.74) is 2.94. The molecular weight excluding hydrogens is 629 g/mol. The van der Waals surface area contributed by atoms with Crippen molar-refractivity contribution in [3.8, 4) is 11.8 Å². The Bertz CT molecular complexity index is 1970. The zero-order valence-corrected chi connectivity index (χ0v) is 26.0. The van der Waals surface area contributed by atoms with Gasteiger partial charge in [0.25, 0.3) is 0 Å². The first kappa shape index (κ1) is 32.0. The first-order chi connectivity index (χ1) is 22.6. The highest BCUT2D eigenvalue weighted by atomic mass is 32.1. The first-order valence-electron chi connectivity index (χ1n) is 15.0. The van der Waals surface area contributed by atoms with Crippen LogP contribution >= 0.6 is 11.3 Å². The predicted octanol–water partition coefficient (Wildman–Crippen LogP) is 6.17. The van der Waals surface area contributed by atoms with Crippen LogP contribution in [0.25, 0.3) is 21.1 Å². The molecule has 0 aliphatic carbocycles. The molecule has 10 nitrogen and oxygen atoms in total. The Balaban J connectivity index is 1.08.